The highest BCUT2D eigenvalue weighted by Gasteiger charge is 2.10. The van der Waals surface area contributed by atoms with Crippen LogP contribution in [0.5, 0.6) is 0 Å². The molecular weight excluding hydrogens is 160 g/mol. The first kappa shape index (κ1) is 12.9. The van der Waals surface area contributed by atoms with Crippen LogP contribution in [0.3, 0.4) is 0 Å². The standard InChI is InChI=1S/C7H16N2.C4H10/c1-8-6-7-2-4-9-5-3-7;1-4(2)3/h7-9H,2-6H2,1H3;4H,1-3H3. The van der Waals surface area contributed by atoms with Crippen molar-refractivity contribution in [1.29, 1.82) is 0 Å². The van der Waals surface area contributed by atoms with Crippen LogP contribution < -0.4 is 10.6 Å². The highest BCUT2D eigenvalue weighted by molar-refractivity contribution is 4.69. The van der Waals surface area contributed by atoms with Gasteiger partial charge in [-0.3, -0.25) is 0 Å². The minimum absolute atomic E-state index is 0.833. The zero-order valence-corrected chi connectivity index (χ0v) is 9.69. The van der Waals surface area contributed by atoms with Crippen molar-refractivity contribution in [3.8, 4) is 0 Å². The summed E-state index contributed by atoms with van der Waals surface area (Å²) in [7, 11) is 2.03. The molecular formula is C11H26N2. The van der Waals surface area contributed by atoms with Gasteiger partial charge in [-0.15, -0.1) is 0 Å². The van der Waals surface area contributed by atoms with Gasteiger partial charge >= 0.3 is 0 Å². The fraction of sp³-hybridized carbons (Fsp3) is 1.00. The van der Waals surface area contributed by atoms with E-state index in [0.29, 0.717) is 0 Å². The number of piperidine rings is 1. The molecule has 1 heterocycles. The molecule has 1 saturated heterocycles. The minimum Gasteiger partial charge on any atom is -0.319 e. The van der Waals surface area contributed by atoms with Gasteiger partial charge in [0.25, 0.3) is 0 Å². The van der Waals surface area contributed by atoms with Crippen LogP contribution in [0.4, 0.5) is 0 Å². The number of hydrogen-bond acceptors (Lipinski definition) is 2. The monoisotopic (exact) mass is 186 g/mol. The SMILES string of the molecule is CC(C)C.CNCC1CCNCC1. The number of rotatable bonds is 2. The normalized spacial score (nSPS) is 18.2. The Kier molecular flexibility index (Phi) is 8.46. The van der Waals surface area contributed by atoms with Crippen molar-refractivity contribution >= 4 is 0 Å². The van der Waals surface area contributed by atoms with Gasteiger partial charge in [-0.25, -0.2) is 0 Å². The molecule has 1 fully saturated rings. The predicted molar refractivity (Wildman–Crippen MR) is 60.0 cm³/mol. The lowest BCUT2D eigenvalue weighted by molar-refractivity contribution is 0.365. The van der Waals surface area contributed by atoms with Gasteiger partial charge in [-0.1, -0.05) is 20.8 Å². The Morgan fingerprint density at radius 2 is 1.69 bits per heavy atom. The summed E-state index contributed by atoms with van der Waals surface area (Å²) in [5.74, 6) is 1.76. The third kappa shape index (κ3) is 9.84. The lowest BCUT2D eigenvalue weighted by atomic mass is 9.98. The summed E-state index contributed by atoms with van der Waals surface area (Å²) < 4.78 is 0. The Morgan fingerprint density at radius 3 is 2.08 bits per heavy atom. The van der Waals surface area contributed by atoms with Crippen LogP contribution in [0.2, 0.25) is 0 Å². The summed E-state index contributed by atoms with van der Waals surface area (Å²) >= 11 is 0. The van der Waals surface area contributed by atoms with Gasteiger partial charge in [0.05, 0.1) is 0 Å². The first-order chi connectivity index (χ1) is 6.16. The van der Waals surface area contributed by atoms with E-state index in [1.165, 1.54) is 32.5 Å². The van der Waals surface area contributed by atoms with Crippen LogP contribution in [0.15, 0.2) is 0 Å². The molecule has 0 aromatic heterocycles. The van der Waals surface area contributed by atoms with Gasteiger partial charge in [0.1, 0.15) is 0 Å². The summed E-state index contributed by atoms with van der Waals surface area (Å²) in [6.07, 6.45) is 2.70. The summed E-state index contributed by atoms with van der Waals surface area (Å²) in [5.41, 5.74) is 0. The van der Waals surface area contributed by atoms with Crippen molar-refractivity contribution in [2.45, 2.75) is 33.6 Å². The molecule has 13 heavy (non-hydrogen) atoms. The Balaban J connectivity index is 0.000000310. The molecule has 0 bridgehead atoms. The average molecular weight is 186 g/mol. The molecule has 80 valence electrons. The molecule has 1 rings (SSSR count). The molecule has 0 radical (unpaired) electrons. The minimum atomic E-state index is 0.833. The van der Waals surface area contributed by atoms with E-state index in [1.54, 1.807) is 0 Å². The van der Waals surface area contributed by atoms with E-state index in [4.69, 9.17) is 0 Å². The average Bonchev–Trinajstić information content (AvgIpc) is 2.06. The molecule has 0 spiro atoms. The van der Waals surface area contributed by atoms with Gasteiger partial charge in [0, 0.05) is 0 Å². The maximum absolute atomic E-state index is 3.35. The van der Waals surface area contributed by atoms with Crippen molar-refractivity contribution in [3.63, 3.8) is 0 Å². The van der Waals surface area contributed by atoms with E-state index in [-0.39, 0.29) is 0 Å². The van der Waals surface area contributed by atoms with E-state index < -0.39 is 0 Å². The Bertz CT molecular complexity index is 90.8. The maximum atomic E-state index is 3.35. The molecule has 0 aromatic carbocycles. The quantitative estimate of drug-likeness (QED) is 0.688. The highest BCUT2D eigenvalue weighted by Crippen LogP contribution is 2.08. The van der Waals surface area contributed by atoms with E-state index in [0.717, 1.165) is 11.8 Å². The summed E-state index contributed by atoms with van der Waals surface area (Å²) in [6, 6.07) is 0. The third-order valence-corrected chi connectivity index (χ3v) is 1.95. The van der Waals surface area contributed by atoms with Crippen molar-refractivity contribution in [1.82, 2.24) is 10.6 Å². The molecule has 1 aliphatic heterocycles. The lowest BCUT2D eigenvalue weighted by Gasteiger charge is -2.21. The first-order valence-corrected chi connectivity index (χ1v) is 5.52. The van der Waals surface area contributed by atoms with Crippen molar-refractivity contribution in [2.75, 3.05) is 26.7 Å². The summed E-state index contributed by atoms with van der Waals surface area (Å²) in [5, 5.41) is 6.55. The Morgan fingerprint density at radius 1 is 1.23 bits per heavy atom. The third-order valence-electron chi connectivity index (χ3n) is 1.95. The van der Waals surface area contributed by atoms with Crippen LogP contribution in [-0.2, 0) is 0 Å². The van der Waals surface area contributed by atoms with Crippen molar-refractivity contribution in [2.24, 2.45) is 11.8 Å². The molecule has 0 saturated carbocycles. The highest BCUT2D eigenvalue weighted by atomic mass is 14.9. The number of hydrogen-bond donors (Lipinski definition) is 2. The fourth-order valence-corrected chi connectivity index (χ4v) is 1.37. The molecule has 0 unspecified atom stereocenters. The van der Waals surface area contributed by atoms with Crippen molar-refractivity contribution in [3.05, 3.63) is 0 Å². The first-order valence-electron chi connectivity index (χ1n) is 5.52. The topological polar surface area (TPSA) is 24.1 Å². The second-order valence-electron chi connectivity index (χ2n) is 4.48. The molecule has 0 aliphatic carbocycles. The lowest BCUT2D eigenvalue weighted by Crippen LogP contribution is -2.32. The maximum Gasteiger partial charge on any atom is -0.00226 e. The van der Waals surface area contributed by atoms with Gasteiger partial charge in [-0.2, -0.15) is 0 Å². The van der Waals surface area contributed by atoms with Gasteiger partial charge < -0.3 is 10.6 Å². The second kappa shape index (κ2) is 8.52. The molecule has 2 nitrogen and oxygen atoms in total. The van der Waals surface area contributed by atoms with Gasteiger partial charge in [-0.05, 0) is 51.4 Å². The van der Waals surface area contributed by atoms with Gasteiger partial charge in [0.15, 0.2) is 0 Å². The van der Waals surface area contributed by atoms with Crippen molar-refractivity contribution < 1.29 is 0 Å². The van der Waals surface area contributed by atoms with E-state index in [2.05, 4.69) is 31.4 Å². The summed E-state index contributed by atoms with van der Waals surface area (Å²) in [6.45, 7) is 10.1. The van der Waals surface area contributed by atoms with Gasteiger partial charge in [0.2, 0.25) is 0 Å². The van der Waals surface area contributed by atoms with Crippen LogP contribution in [0.25, 0.3) is 0 Å². The Labute approximate surface area is 83.5 Å². The van der Waals surface area contributed by atoms with Crippen LogP contribution in [-0.4, -0.2) is 26.7 Å². The molecule has 0 aromatic rings. The zero-order chi connectivity index (χ0) is 10.1. The molecule has 0 atom stereocenters. The van der Waals surface area contributed by atoms with Crippen LogP contribution in [0.1, 0.15) is 33.6 Å². The largest absolute Gasteiger partial charge is 0.319 e. The molecule has 2 N–H and O–H groups in total. The molecule has 2 heteroatoms. The molecule has 1 aliphatic rings. The number of nitrogens with one attached hydrogen (secondary N) is 2. The smallest absolute Gasteiger partial charge is 0.00226 e. The zero-order valence-electron chi connectivity index (χ0n) is 9.69. The molecule has 0 amide bonds. The second-order valence-corrected chi connectivity index (χ2v) is 4.48. The van der Waals surface area contributed by atoms with E-state index in [9.17, 15) is 0 Å². The fourth-order valence-electron chi connectivity index (χ4n) is 1.37. The summed E-state index contributed by atoms with van der Waals surface area (Å²) in [4.78, 5) is 0. The van der Waals surface area contributed by atoms with Crippen LogP contribution in [0, 0.1) is 11.8 Å². The van der Waals surface area contributed by atoms with E-state index in [1.807, 2.05) is 7.05 Å². The van der Waals surface area contributed by atoms with E-state index >= 15 is 0 Å². The van der Waals surface area contributed by atoms with Crippen LogP contribution >= 0.6 is 0 Å². The predicted octanol–water partition coefficient (Wildman–Crippen LogP) is 1.87. The Hall–Kier alpha value is -0.0800.